The second kappa shape index (κ2) is 7.47. The lowest BCUT2D eigenvalue weighted by Crippen LogP contribution is -2.25. The molecule has 0 aliphatic heterocycles. The van der Waals surface area contributed by atoms with Crippen molar-refractivity contribution >= 4 is 12.1 Å². The Hall–Kier alpha value is -2.30. The highest BCUT2D eigenvalue weighted by molar-refractivity contribution is 5.81. The van der Waals surface area contributed by atoms with Gasteiger partial charge in [-0.1, -0.05) is 30.3 Å². The van der Waals surface area contributed by atoms with Gasteiger partial charge in [0, 0.05) is 6.08 Å². The van der Waals surface area contributed by atoms with Gasteiger partial charge in [-0.25, -0.2) is 9.59 Å². The van der Waals surface area contributed by atoms with Crippen molar-refractivity contribution in [3.05, 3.63) is 48.0 Å². The van der Waals surface area contributed by atoms with E-state index in [9.17, 15) is 9.59 Å². The quantitative estimate of drug-likeness (QED) is 0.628. The van der Waals surface area contributed by atoms with Crippen molar-refractivity contribution < 1.29 is 23.8 Å². The topological polar surface area (TPSA) is 61.8 Å². The summed E-state index contributed by atoms with van der Waals surface area (Å²) in [6, 6.07) is 9.05. The first-order valence-corrected chi connectivity index (χ1v) is 6.52. The van der Waals surface area contributed by atoms with E-state index in [0.29, 0.717) is 0 Å². The van der Waals surface area contributed by atoms with Crippen molar-refractivity contribution in [2.45, 2.75) is 32.5 Å². The Labute approximate surface area is 124 Å². The van der Waals surface area contributed by atoms with Gasteiger partial charge in [-0.3, -0.25) is 0 Å². The van der Waals surface area contributed by atoms with Gasteiger partial charge in [0.1, 0.15) is 11.7 Å². The van der Waals surface area contributed by atoms with Crippen LogP contribution in [0.25, 0.3) is 0 Å². The van der Waals surface area contributed by atoms with Gasteiger partial charge in [-0.15, -0.1) is 0 Å². The average molecular weight is 292 g/mol. The molecule has 0 bridgehead atoms. The third-order valence-electron chi connectivity index (χ3n) is 2.35. The molecule has 0 aliphatic carbocycles. The van der Waals surface area contributed by atoms with Gasteiger partial charge < -0.3 is 14.2 Å². The summed E-state index contributed by atoms with van der Waals surface area (Å²) >= 11 is 0. The second-order valence-electron chi connectivity index (χ2n) is 5.30. The highest BCUT2D eigenvalue weighted by atomic mass is 16.7. The van der Waals surface area contributed by atoms with Gasteiger partial charge in [-0.2, -0.15) is 0 Å². The molecule has 1 atom stereocenters. The Morgan fingerprint density at radius 3 is 2.29 bits per heavy atom. The van der Waals surface area contributed by atoms with Gasteiger partial charge in [-0.05, 0) is 32.4 Å². The smallest absolute Gasteiger partial charge is 0.466 e. The predicted molar refractivity (Wildman–Crippen MR) is 77.7 cm³/mol. The molecule has 0 N–H and O–H groups in total. The lowest BCUT2D eigenvalue weighted by atomic mass is 10.1. The zero-order chi connectivity index (χ0) is 15.9. The molecule has 5 heteroatoms. The van der Waals surface area contributed by atoms with Crippen LogP contribution in [0.3, 0.4) is 0 Å². The number of methoxy groups -OCH3 is 1. The van der Waals surface area contributed by atoms with Crippen molar-refractivity contribution in [2.24, 2.45) is 0 Å². The Balaban J connectivity index is 2.85. The number of rotatable bonds is 4. The number of hydrogen-bond acceptors (Lipinski definition) is 5. The summed E-state index contributed by atoms with van der Waals surface area (Å²) in [4.78, 5) is 22.9. The zero-order valence-electron chi connectivity index (χ0n) is 12.7. The minimum Gasteiger partial charge on any atom is -0.466 e. The first-order chi connectivity index (χ1) is 9.81. The molecule has 5 nitrogen and oxygen atoms in total. The number of carbonyl (C=O) groups is 2. The molecule has 1 aromatic carbocycles. The second-order valence-corrected chi connectivity index (χ2v) is 5.30. The van der Waals surface area contributed by atoms with Crippen LogP contribution in [-0.4, -0.2) is 24.8 Å². The minimum atomic E-state index is -0.800. The number of carbonyl (C=O) groups excluding carboxylic acids is 2. The normalized spacial score (nSPS) is 12.8. The fourth-order valence-corrected chi connectivity index (χ4v) is 1.47. The van der Waals surface area contributed by atoms with E-state index in [4.69, 9.17) is 9.47 Å². The van der Waals surface area contributed by atoms with Crippen molar-refractivity contribution in [3.63, 3.8) is 0 Å². The van der Waals surface area contributed by atoms with E-state index in [1.807, 2.05) is 18.2 Å². The molecule has 0 aromatic heterocycles. The molecule has 0 saturated heterocycles. The third-order valence-corrected chi connectivity index (χ3v) is 2.35. The zero-order valence-corrected chi connectivity index (χ0v) is 12.7. The number of benzene rings is 1. The summed E-state index contributed by atoms with van der Waals surface area (Å²) in [5, 5.41) is 0. The SMILES string of the molecule is COC(=O)/C=C/C(OC(=O)OC(C)(C)C)c1ccccc1. The van der Waals surface area contributed by atoms with E-state index < -0.39 is 23.8 Å². The van der Waals surface area contributed by atoms with Crippen molar-refractivity contribution in [2.75, 3.05) is 7.11 Å². The third kappa shape index (κ3) is 6.61. The molecule has 0 heterocycles. The summed E-state index contributed by atoms with van der Waals surface area (Å²) in [6.07, 6.45) is 1.14. The highest BCUT2D eigenvalue weighted by Crippen LogP contribution is 2.21. The molecule has 114 valence electrons. The van der Waals surface area contributed by atoms with Crippen LogP contribution in [0.4, 0.5) is 4.79 Å². The van der Waals surface area contributed by atoms with Gasteiger partial charge in [0.25, 0.3) is 0 Å². The predicted octanol–water partition coefficient (Wildman–Crippen LogP) is 3.41. The molecule has 1 rings (SSSR count). The van der Waals surface area contributed by atoms with Crippen LogP contribution in [0, 0.1) is 0 Å². The maximum absolute atomic E-state index is 11.8. The van der Waals surface area contributed by atoms with E-state index >= 15 is 0 Å². The van der Waals surface area contributed by atoms with E-state index in [2.05, 4.69) is 4.74 Å². The molecule has 0 spiro atoms. The fraction of sp³-hybridized carbons (Fsp3) is 0.375. The molecule has 1 unspecified atom stereocenters. The number of ether oxygens (including phenoxy) is 3. The largest absolute Gasteiger partial charge is 0.509 e. The van der Waals surface area contributed by atoms with Crippen LogP contribution >= 0.6 is 0 Å². The summed E-state index contributed by atoms with van der Waals surface area (Å²) in [6.45, 7) is 5.24. The van der Waals surface area contributed by atoms with Gasteiger partial charge >= 0.3 is 12.1 Å². The molecular formula is C16H20O5. The Bertz CT molecular complexity index is 499. The van der Waals surface area contributed by atoms with Crippen LogP contribution in [0.15, 0.2) is 42.5 Å². The monoisotopic (exact) mass is 292 g/mol. The van der Waals surface area contributed by atoms with Crippen LogP contribution in [0.2, 0.25) is 0 Å². The van der Waals surface area contributed by atoms with Crippen LogP contribution in [0.1, 0.15) is 32.4 Å². The van der Waals surface area contributed by atoms with Crippen molar-refractivity contribution in [1.82, 2.24) is 0 Å². The molecule has 0 saturated carbocycles. The van der Waals surface area contributed by atoms with E-state index in [0.717, 1.165) is 5.56 Å². The first kappa shape index (κ1) is 16.8. The van der Waals surface area contributed by atoms with Crippen molar-refractivity contribution in [3.8, 4) is 0 Å². The molecule has 1 aromatic rings. The van der Waals surface area contributed by atoms with Gasteiger partial charge in [0.2, 0.25) is 0 Å². The summed E-state index contributed by atoms with van der Waals surface area (Å²) in [5.74, 6) is -0.524. The summed E-state index contributed by atoms with van der Waals surface area (Å²) in [5.41, 5.74) is 0.0770. The van der Waals surface area contributed by atoms with Crippen molar-refractivity contribution in [1.29, 1.82) is 0 Å². The lowest BCUT2D eigenvalue weighted by molar-refractivity contribution is -0.134. The molecule has 0 fully saturated rings. The molecule has 0 aliphatic rings. The fourth-order valence-electron chi connectivity index (χ4n) is 1.47. The number of hydrogen-bond donors (Lipinski definition) is 0. The molecule has 0 amide bonds. The number of esters is 1. The maximum atomic E-state index is 11.8. The minimum absolute atomic E-state index is 0.524. The Morgan fingerprint density at radius 2 is 1.76 bits per heavy atom. The van der Waals surface area contributed by atoms with E-state index in [1.54, 1.807) is 32.9 Å². The summed E-state index contributed by atoms with van der Waals surface area (Å²) < 4.78 is 14.9. The Kier molecular flexibility index (Phi) is 5.96. The summed E-state index contributed by atoms with van der Waals surface area (Å²) in [7, 11) is 1.28. The molecular weight excluding hydrogens is 272 g/mol. The van der Waals surface area contributed by atoms with E-state index in [1.165, 1.54) is 19.3 Å². The first-order valence-electron chi connectivity index (χ1n) is 6.52. The van der Waals surface area contributed by atoms with Crippen LogP contribution in [-0.2, 0) is 19.0 Å². The van der Waals surface area contributed by atoms with Crippen LogP contribution in [0.5, 0.6) is 0 Å². The maximum Gasteiger partial charge on any atom is 0.509 e. The highest BCUT2D eigenvalue weighted by Gasteiger charge is 2.21. The Morgan fingerprint density at radius 1 is 1.14 bits per heavy atom. The van der Waals surface area contributed by atoms with Crippen LogP contribution < -0.4 is 0 Å². The standard InChI is InChI=1S/C16H20O5/c1-16(2,3)21-15(18)20-13(10-11-14(17)19-4)12-8-6-5-7-9-12/h5-11,13H,1-4H3/b11-10+. The lowest BCUT2D eigenvalue weighted by Gasteiger charge is -2.21. The van der Waals surface area contributed by atoms with E-state index in [-0.39, 0.29) is 0 Å². The average Bonchev–Trinajstić information content (AvgIpc) is 2.42. The van der Waals surface area contributed by atoms with Gasteiger partial charge in [0.15, 0.2) is 0 Å². The van der Waals surface area contributed by atoms with Gasteiger partial charge in [0.05, 0.1) is 7.11 Å². The molecule has 21 heavy (non-hydrogen) atoms. The molecule has 0 radical (unpaired) electrons.